The number of aliphatic hydroxyl groups is 2. The molecule has 0 aliphatic heterocycles. The first-order valence-electron chi connectivity index (χ1n) is 6.12. The summed E-state index contributed by atoms with van der Waals surface area (Å²) < 4.78 is 0. The highest BCUT2D eigenvalue weighted by atomic mass is 32.1. The Morgan fingerprint density at radius 3 is 2.75 bits per heavy atom. The van der Waals surface area contributed by atoms with Gasteiger partial charge in [0.1, 0.15) is 5.69 Å². The Morgan fingerprint density at radius 2 is 2.20 bits per heavy atom. The normalized spacial score (nSPS) is 11.6. The predicted molar refractivity (Wildman–Crippen MR) is 76.7 cm³/mol. The third-order valence-corrected chi connectivity index (χ3v) is 3.73. The number of aromatic amines is 1. The van der Waals surface area contributed by atoms with E-state index < -0.39 is 5.54 Å². The van der Waals surface area contributed by atoms with Gasteiger partial charge in [-0.15, -0.1) is 11.3 Å². The molecular weight excluding hydrogens is 278 g/mol. The van der Waals surface area contributed by atoms with Crippen molar-refractivity contribution in [3.63, 3.8) is 0 Å². The van der Waals surface area contributed by atoms with Crippen molar-refractivity contribution >= 4 is 17.2 Å². The van der Waals surface area contributed by atoms with Crippen LogP contribution in [0.4, 0.5) is 0 Å². The molecule has 0 aliphatic carbocycles. The molecule has 0 spiro atoms. The average molecular weight is 295 g/mol. The lowest BCUT2D eigenvalue weighted by atomic mass is 10.1. The molecule has 20 heavy (non-hydrogen) atoms. The Labute approximate surface area is 120 Å². The summed E-state index contributed by atoms with van der Waals surface area (Å²) in [6.07, 6.45) is 1.71. The molecule has 0 aromatic carbocycles. The van der Waals surface area contributed by atoms with Crippen molar-refractivity contribution in [2.75, 3.05) is 13.2 Å². The molecule has 6 nitrogen and oxygen atoms in total. The van der Waals surface area contributed by atoms with E-state index in [1.54, 1.807) is 30.5 Å². The first-order valence-corrected chi connectivity index (χ1v) is 7.00. The maximum absolute atomic E-state index is 12.0. The number of nitrogens with zero attached hydrogens (tertiary/aromatic N) is 1. The van der Waals surface area contributed by atoms with Crippen LogP contribution in [0.25, 0.3) is 11.3 Å². The SMILES string of the molecule is Cc1nc(-c2c[nH]c(C(=O)NC(C)(CO)CO)c2)cs1. The molecule has 0 saturated heterocycles. The molecule has 0 fully saturated rings. The number of rotatable bonds is 5. The van der Waals surface area contributed by atoms with Gasteiger partial charge in [0, 0.05) is 17.1 Å². The Balaban J connectivity index is 2.14. The number of thiazole rings is 1. The zero-order chi connectivity index (χ0) is 14.8. The molecule has 0 bridgehead atoms. The molecule has 7 heteroatoms. The summed E-state index contributed by atoms with van der Waals surface area (Å²) in [5.74, 6) is -0.381. The zero-order valence-electron chi connectivity index (χ0n) is 11.3. The molecule has 2 aromatic heterocycles. The number of carbonyl (C=O) groups is 1. The van der Waals surface area contributed by atoms with E-state index in [0.29, 0.717) is 5.69 Å². The van der Waals surface area contributed by atoms with Gasteiger partial charge in [-0.3, -0.25) is 4.79 Å². The number of aromatic nitrogens is 2. The van der Waals surface area contributed by atoms with Crippen LogP contribution in [-0.4, -0.2) is 44.8 Å². The second-order valence-electron chi connectivity index (χ2n) is 4.88. The molecular formula is C13H17N3O3S. The fourth-order valence-corrected chi connectivity index (χ4v) is 2.26. The zero-order valence-corrected chi connectivity index (χ0v) is 12.1. The molecule has 0 unspecified atom stereocenters. The van der Waals surface area contributed by atoms with Gasteiger partial charge in [0.15, 0.2) is 0 Å². The maximum atomic E-state index is 12.0. The van der Waals surface area contributed by atoms with Gasteiger partial charge in [0.25, 0.3) is 5.91 Å². The quantitative estimate of drug-likeness (QED) is 0.659. The van der Waals surface area contributed by atoms with Crippen molar-refractivity contribution in [1.82, 2.24) is 15.3 Å². The number of H-pyrrole nitrogens is 1. The van der Waals surface area contributed by atoms with Crippen LogP contribution in [0.3, 0.4) is 0 Å². The lowest BCUT2D eigenvalue weighted by Gasteiger charge is -2.25. The van der Waals surface area contributed by atoms with Crippen LogP contribution in [0, 0.1) is 6.92 Å². The van der Waals surface area contributed by atoms with Crippen molar-refractivity contribution < 1.29 is 15.0 Å². The summed E-state index contributed by atoms with van der Waals surface area (Å²) in [4.78, 5) is 19.3. The van der Waals surface area contributed by atoms with E-state index in [1.807, 2.05) is 12.3 Å². The van der Waals surface area contributed by atoms with Crippen LogP contribution in [-0.2, 0) is 0 Å². The van der Waals surface area contributed by atoms with E-state index >= 15 is 0 Å². The summed E-state index contributed by atoms with van der Waals surface area (Å²) in [6, 6.07) is 1.69. The molecule has 0 aliphatic rings. The Bertz CT molecular complexity index is 602. The van der Waals surface area contributed by atoms with Gasteiger partial charge in [0.05, 0.1) is 29.5 Å². The molecule has 2 rings (SSSR count). The largest absolute Gasteiger partial charge is 0.394 e. The van der Waals surface area contributed by atoms with Crippen molar-refractivity contribution in [3.8, 4) is 11.3 Å². The molecule has 2 aromatic rings. The lowest BCUT2D eigenvalue weighted by Crippen LogP contribution is -2.51. The van der Waals surface area contributed by atoms with Gasteiger partial charge < -0.3 is 20.5 Å². The van der Waals surface area contributed by atoms with Crippen LogP contribution < -0.4 is 5.32 Å². The highest BCUT2D eigenvalue weighted by Crippen LogP contribution is 2.22. The minimum Gasteiger partial charge on any atom is -0.394 e. The number of nitrogens with one attached hydrogen (secondary N) is 2. The van der Waals surface area contributed by atoms with Crippen LogP contribution in [0.1, 0.15) is 22.4 Å². The molecule has 1 amide bonds. The minimum atomic E-state index is -1.04. The van der Waals surface area contributed by atoms with E-state index in [2.05, 4.69) is 15.3 Å². The van der Waals surface area contributed by atoms with Gasteiger partial charge in [-0.1, -0.05) is 0 Å². The van der Waals surface area contributed by atoms with Crippen molar-refractivity contribution in [2.24, 2.45) is 0 Å². The number of aryl methyl sites for hydroxylation is 1. The second kappa shape index (κ2) is 5.74. The van der Waals surface area contributed by atoms with E-state index in [4.69, 9.17) is 0 Å². The van der Waals surface area contributed by atoms with Crippen LogP contribution in [0.2, 0.25) is 0 Å². The first-order chi connectivity index (χ1) is 9.47. The molecule has 2 heterocycles. The first kappa shape index (κ1) is 14.7. The van der Waals surface area contributed by atoms with Crippen molar-refractivity contribution in [3.05, 3.63) is 28.3 Å². The lowest BCUT2D eigenvalue weighted by molar-refractivity contribution is 0.0720. The van der Waals surface area contributed by atoms with E-state index in [1.165, 1.54) is 0 Å². The molecule has 0 radical (unpaired) electrons. The fourth-order valence-electron chi connectivity index (χ4n) is 1.64. The molecule has 0 saturated carbocycles. The number of hydrogen-bond donors (Lipinski definition) is 4. The fraction of sp³-hybridized carbons (Fsp3) is 0.385. The number of carbonyl (C=O) groups excluding carboxylic acids is 1. The number of hydrogen-bond acceptors (Lipinski definition) is 5. The highest BCUT2D eigenvalue weighted by Gasteiger charge is 2.25. The summed E-state index contributed by atoms with van der Waals surface area (Å²) in [7, 11) is 0. The van der Waals surface area contributed by atoms with Crippen LogP contribution in [0.15, 0.2) is 17.6 Å². The monoisotopic (exact) mass is 295 g/mol. The van der Waals surface area contributed by atoms with E-state index in [-0.39, 0.29) is 19.1 Å². The number of aliphatic hydroxyl groups excluding tert-OH is 2. The predicted octanol–water partition coefficient (Wildman–Crippen LogP) is 0.920. The third-order valence-electron chi connectivity index (χ3n) is 2.96. The summed E-state index contributed by atoms with van der Waals surface area (Å²) in [6.45, 7) is 2.81. The van der Waals surface area contributed by atoms with Gasteiger partial charge in [-0.25, -0.2) is 4.98 Å². The Kier molecular flexibility index (Phi) is 4.22. The molecule has 108 valence electrons. The number of amides is 1. The second-order valence-corrected chi connectivity index (χ2v) is 5.95. The van der Waals surface area contributed by atoms with Gasteiger partial charge in [-0.2, -0.15) is 0 Å². The van der Waals surface area contributed by atoms with Gasteiger partial charge in [-0.05, 0) is 19.9 Å². The van der Waals surface area contributed by atoms with Crippen LogP contribution in [0.5, 0.6) is 0 Å². The van der Waals surface area contributed by atoms with Crippen molar-refractivity contribution in [2.45, 2.75) is 19.4 Å². The van der Waals surface area contributed by atoms with E-state index in [9.17, 15) is 15.0 Å². The van der Waals surface area contributed by atoms with E-state index in [0.717, 1.165) is 16.3 Å². The average Bonchev–Trinajstić information content (AvgIpc) is 3.07. The summed E-state index contributed by atoms with van der Waals surface area (Å²) in [5, 5.41) is 23.8. The summed E-state index contributed by atoms with van der Waals surface area (Å²) in [5.41, 5.74) is 0.961. The Hall–Kier alpha value is -1.70. The summed E-state index contributed by atoms with van der Waals surface area (Å²) >= 11 is 1.54. The maximum Gasteiger partial charge on any atom is 0.268 e. The highest BCUT2D eigenvalue weighted by molar-refractivity contribution is 7.09. The minimum absolute atomic E-state index is 0.339. The van der Waals surface area contributed by atoms with Crippen LogP contribution >= 0.6 is 11.3 Å². The Morgan fingerprint density at radius 1 is 1.50 bits per heavy atom. The molecule has 4 N–H and O–H groups in total. The standard InChI is InChI=1S/C13H17N3O3S/c1-8-15-11(5-20-8)9-3-10(14-4-9)12(19)16-13(2,6-17)7-18/h3-5,14,17-18H,6-7H2,1-2H3,(H,16,19). The van der Waals surface area contributed by atoms with Crippen molar-refractivity contribution in [1.29, 1.82) is 0 Å². The van der Waals surface area contributed by atoms with Gasteiger partial charge >= 0.3 is 0 Å². The third kappa shape index (κ3) is 3.06. The smallest absolute Gasteiger partial charge is 0.268 e. The van der Waals surface area contributed by atoms with Gasteiger partial charge in [0.2, 0.25) is 0 Å². The topological polar surface area (TPSA) is 98.2 Å². The molecule has 0 atom stereocenters.